The largest absolute Gasteiger partial charge is 0.458 e. The van der Waals surface area contributed by atoms with E-state index in [4.69, 9.17) is 32.7 Å². The van der Waals surface area contributed by atoms with E-state index < -0.39 is 12.1 Å². The molecule has 0 saturated heterocycles. The van der Waals surface area contributed by atoms with Gasteiger partial charge in [-0.05, 0) is 49.5 Å². The van der Waals surface area contributed by atoms with E-state index in [1.165, 1.54) is 0 Å². The van der Waals surface area contributed by atoms with Crippen LogP contribution in [0.1, 0.15) is 30.9 Å². The highest BCUT2D eigenvalue weighted by molar-refractivity contribution is 6.55. The molecule has 2 aliphatic carbocycles. The average molecular weight is 390 g/mol. The summed E-state index contributed by atoms with van der Waals surface area (Å²) in [7, 11) is 0. The lowest BCUT2D eigenvalue weighted by Gasteiger charge is -2.14. The third kappa shape index (κ3) is 4.91. The minimum atomic E-state index is -0.987. The SMILES string of the molecule is N#C[C@H](OC(=O)[C@@H]1C[C@@H]1C=C(Cl)Cl)c1cccc(OC2=CCCC=C2)c1. The number of carbonyl (C=O) groups is 1. The van der Waals surface area contributed by atoms with E-state index in [0.717, 1.165) is 18.6 Å². The van der Waals surface area contributed by atoms with Crippen LogP contribution in [0.3, 0.4) is 0 Å². The van der Waals surface area contributed by atoms with E-state index in [9.17, 15) is 10.1 Å². The van der Waals surface area contributed by atoms with Gasteiger partial charge in [0.1, 0.15) is 22.1 Å². The van der Waals surface area contributed by atoms with Crippen molar-refractivity contribution >= 4 is 29.2 Å². The fraction of sp³-hybridized carbons (Fsp3) is 0.300. The van der Waals surface area contributed by atoms with Gasteiger partial charge in [-0.15, -0.1) is 0 Å². The molecule has 4 nitrogen and oxygen atoms in total. The van der Waals surface area contributed by atoms with Crippen LogP contribution >= 0.6 is 23.2 Å². The highest BCUT2D eigenvalue weighted by Gasteiger charge is 2.43. The van der Waals surface area contributed by atoms with E-state index in [2.05, 4.69) is 0 Å². The first-order valence-corrected chi connectivity index (χ1v) is 9.10. The molecule has 0 aliphatic heterocycles. The molecule has 0 spiro atoms. The van der Waals surface area contributed by atoms with Gasteiger partial charge < -0.3 is 9.47 Å². The molecule has 0 N–H and O–H groups in total. The summed E-state index contributed by atoms with van der Waals surface area (Å²) in [6.07, 6.45) is 9.18. The lowest BCUT2D eigenvalue weighted by Crippen LogP contribution is -2.12. The minimum absolute atomic E-state index is 0.0217. The third-order valence-electron chi connectivity index (χ3n) is 4.19. The molecule has 26 heavy (non-hydrogen) atoms. The number of ether oxygens (including phenoxy) is 2. The number of benzene rings is 1. The van der Waals surface area contributed by atoms with E-state index >= 15 is 0 Å². The van der Waals surface area contributed by atoms with Crippen molar-refractivity contribution in [2.24, 2.45) is 11.8 Å². The van der Waals surface area contributed by atoms with Gasteiger partial charge in [0.05, 0.1) is 5.92 Å². The standard InChI is InChI=1S/C20H17Cl2NO3/c21-19(22)11-14-10-17(14)20(24)26-18(12-23)13-5-4-8-16(9-13)25-15-6-2-1-3-7-15/h2,4-9,11,14,17-18H,1,3,10H2/t14-,17-,18+/m1/s1. The first kappa shape index (κ1) is 18.6. The number of hydrogen-bond donors (Lipinski definition) is 0. The van der Waals surface area contributed by atoms with Crippen molar-refractivity contribution in [2.45, 2.75) is 25.4 Å². The van der Waals surface area contributed by atoms with Crippen LogP contribution in [0.2, 0.25) is 0 Å². The summed E-state index contributed by atoms with van der Waals surface area (Å²) < 4.78 is 11.3. The first-order valence-electron chi connectivity index (χ1n) is 8.34. The molecule has 0 aromatic heterocycles. The zero-order valence-corrected chi connectivity index (χ0v) is 15.4. The Morgan fingerprint density at radius 2 is 2.19 bits per heavy atom. The van der Waals surface area contributed by atoms with Gasteiger partial charge >= 0.3 is 5.97 Å². The van der Waals surface area contributed by atoms with Crippen molar-refractivity contribution in [3.05, 3.63) is 64.4 Å². The average Bonchev–Trinajstić information content (AvgIpc) is 3.39. The molecule has 1 saturated carbocycles. The maximum absolute atomic E-state index is 12.2. The Hall–Kier alpha value is -2.22. The Bertz CT molecular complexity index is 819. The number of carbonyl (C=O) groups excluding carboxylic acids is 1. The summed E-state index contributed by atoms with van der Waals surface area (Å²) >= 11 is 11.2. The fourth-order valence-corrected chi connectivity index (χ4v) is 3.07. The number of nitriles is 1. The Kier molecular flexibility index (Phi) is 6.03. The summed E-state index contributed by atoms with van der Waals surface area (Å²) in [6, 6.07) is 9.04. The second kappa shape index (κ2) is 8.44. The van der Waals surface area contributed by atoms with Crippen LogP contribution in [-0.4, -0.2) is 5.97 Å². The molecule has 3 atom stereocenters. The smallest absolute Gasteiger partial charge is 0.311 e. The molecule has 0 heterocycles. The fourth-order valence-electron chi connectivity index (χ4n) is 2.75. The van der Waals surface area contributed by atoms with Gasteiger partial charge in [-0.3, -0.25) is 4.79 Å². The van der Waals surface area contributed by atoms with E-state index in [0.29, 0.717) is 17.7 Å². The van der Waals surface area contributed by atoms with Crippen molar-refractivity contribution in [1.82, 2.24) is 0 Å². The lowest BCUT2D eigenvalue weighted by molar-refractivity contribution is -0.148. The highest BCUT2D eigenvalue weighted by Crippen LogP contribution is 2.43. The van der Waals surface area contributed by atoms with Crippen molar-refractivity contribution in [1.29, 1.82) is 5.26 Å². The third-order valence-corrected chi connectivity index (χ3v) is 4.44. The Morgan fingerprint density at radius 1 is 1.35 bits per heavy atom. The molecule has 1 aromatic rings. The van der Waals surface area contributed by atoms with Gasteiger partial charge in [0.15, 0.2) is 0 Å². The van der Waals surface area contributed by atoms with Crippen LogP contribution in [0, 0.1) is 23.2 Å². The predicted molar refractivity (Wildman–Crippen MR) is 99.4 cm³/mol. The predicted octanol–water partition coefficient (Wildman–Crippen LogP) is 5.36. The zero-order chi connectivity index (χ0) is 18.5. The van der Waals surface area contributed by atoms with Crippen LogP contribution < -0.4 is 4.74 Å². The van der Waals surface area contributed by atoms with Crippen LogP contribution in [0.25, 0.3) is 0 Å². The topological polar surface area (TPSA) is 59.3 Å². The van der Waals surface area contributed by atoms with Gasteiger partial charge in [-0.25, -0.2) is 0 Å². The molecule has 0 radical (unpaired) electrons. The van der Waals surface area contributed by atoms with Gasteiger partial charge in [-0.2, -0.15) is 5.26 Å². The number of rotatable bonds is 6. The number of halogens is 2. The number of nitrogens with zero attached hydrogens (tertiary/aromatic N) is 1. The second-order valence-corrected chi connectivity index (χ2v) is 7.18. The van der Waals surface area contributed by atoms with Crippen molar-refractivity contribution < 1.29 is 14.3 Å². The molecule has 1 aromatic carbocycles. The molecular formula is C20H17Cl2NO3. The summed E-state index contributed by atoms with van der Waals surface area (Å²) in [5, 5.41) is 9.41. The maximum Gasteiger partial charge on any atom is 0.311 e. The summed E-state index contributed by atoms with van der Waals surface area (Å²) in [5.74, 6) is 0.626. The van der Waals surface area contributed by atoms with Crippen LogP contribution in [0.4, 0.5) is 0 Å². The monoisotopic (exact) mass is 389 g/mol. The summed E-state index contributed by atoms with van der Waals surface area (Å²) in [6.45, 7) is 0. The van der Waals surface area contributed by atoms with Crippen molar-refractivity contribution in [2.75, 3.05) is 0 Å². The summed E-state index contributed by atoms with van der Waals surface area (Å²) in [4.78, 5) is 12.2. The molecule has 0 unspecified atom stereocenters. The molecule has 0 amide bonds. The maximum atomic E-state index is 12.2. The number of allylic oxidation sites excluding steroid dienone is 4. The van der Waals surface area contributed by atoms with Gasteiger partial charge in [0.25, 0.3) is 0 Å². The Morgan fingerprint density at radius 3 is 2.88 bits per heavy atom. The van der Waals surface area contributed by atoms with Gasteiger partial charge in [0, 0.05) is 5.56 Å². The van der Waals surface area contributed by atoms with Crippen LogP contribution in [-0.2, 0) is 9.53 Å². The molecule has 134 valence electrons. The molecule has 2 aliphatic rings. The molecular weight excluding hydrogens is 373 g/mol. The van der Waals surface area contributed by atoms with Gasteiger partial charge in [-0.1, -0.05) is 47.5 Å². The molecule has 3 rings (SSSR count). The quantitative estimate of drug-likeness (QED) is 0.614. The van der Waals surface area contributed by atoms with E-state index in [1.54, 1.807) is 30.3 Å². The zero-order valence-electron chi connectivity index (χ0n) is 13.9. The van der Waals surface area contributed by atoms with Crippen LogP contribution in [0.5, 0.6) is 5.75 Å². The molecule has 6 heteroatoms. The minimum Gasteiger partial charge on any atom is -0.458 e. The first-order chi connectivity index (χ1) is 12.6. The van der Waals surface area contributed by atoms with E-state index in [1.807, 2.05) is 24.3 Å². The summed E-state index contributed by atoms with van der Waals surface area (Å²) in [5.41, 5.74) is 0.571. The second-order valence-electron chi connectivity index (χ2n) is 6.17. The number of esters is 1. The van der Waals surface area contributed by atoms with Crippen molar-refractivity contribution in [3.8, 4) is 11.8 Å². The normalized spacial score (nSPS) is 21.8. The molecule has 0 bridgehead atoms. The number of hydrogen-bond acceptors (Lipinski definition) is 4. The van der Waals surface area contributed by atoms with Crippen LogP contribution in [0.15, 0.2) is 58.8 Å². The molecule has 1 fully saturated rings. The van der Waals surface area contributed by atoms with Gasteiger partial charge in [0.2, 0.25) is 6.10 Å². The van der Waals surface area contributed by atoms with E-state index in [-0.39, 0.29) is 16.3 Å². The Balaban J connectivity index is 1.65. The highest BCUT2D eigenvalue weighted by atomic mass is 35.5. The Labute approximate surface area is 162 Å². The van der Waals surface area contributed by atoms with Crippen molar-refractivity contribution in [3.63, 3.8) is 0 Å². The lowest BCUT2D eigenvalue weighted by atomic mass is 10.1.